The highest BCUT2D eigenvalue weighted by molar-refractivity contribution is 8.00. The number of benzene rings is 2. The lowest BCUT2D eigenvalue weighted by Crippen LogP contribution is -2.15. The van der Waals surface area contributed by atoms with E-state index in [1.807, 2.05) is 0 Å². The third kappa shape index (κ3) is 4.16. The van der Waals surface area contributed by atoms with Crippen molar-refractivity contribution in [2.75, 3.05) is 16.8 Å². The Balaban J connectivity index is 1.95. The largest absolute Gasteiger partial charge is 0.396 e. The standard InChI is InChI=1S/C14H11F3N2OS/c15-8-1-3-10(16)13(5-8)19-14(20)7-21-9-2-4-12(18)11(17)6-9/h1-6H,7,18H2,(H,19,20). The Morgan fingerprint density at radius 3 is 2.57 bits per heavy atom. The van der Waals surface area contributed by atoms with Gasteiger partial charge >= 0.3 is 0 Å². The van der Waals surface area contributed by atoms with E-state index in [1.165, 1.54) is 12.1 Å². The van der Waals surface area contributed by atoms with E-state index in [1.54, 1.807) is 6.07 Å². The second kappa shape index (κ2) is 6.53. The summed E-state index contributed by atoms with van der Waals surface area (Å²) < 4.78 is 39.5. The van der Waals surface area contributed by atoms with E-state index in [9.17, 15) is 18.0 Å². The smallest absolute Gasteiger partial charge is 0.234 e. The number of carbonyl (C=O) groups excluding carboxylic acids is 1. The summed E-state index contributed by atoms with van der Waals surface area (Å²) in [6, 6.07) is 6.93. The molecule has 110 valence electrons. The van der Waals surface area contributed by atoms with E-state index in [0.717, 1.165) is 30.0 Å². The van der Waals surface area contributed by atoms with Crippen molar-refractivity contribution in [1.82, 2.24) is 0 Å². The van der Waals surface area contributed by atoms with E-state index in [4.69, 9.17) is 5.73 Å². The molecule has 3 N–H and O–H groups in total. The molecular weight excluding hydrogens is 301 g/mol. The van der Waals surface area contributed by atoms with E-state index in [2.05, 4.69) is 5.32 Å². The van der Waals surface area contributed by atoms with Gasteiger partial charge in [0.1, 0.15) is 17.5 Å². The van der Waals surface area contributed by atoms with E-state index in [-0.39, 0.29) is 17.1 Å². The molecular formula is C14H11F3N2OS. The molecule has 0 fully saturated rings. The number of anilines is 2. The Morgan fingerprint density at radius 2 is 1.86 bits per heavy atom. The molecule has 2 aromatic carbocycles. The number of hydrogen-bond donors (Lipinski definition) is 2. The van der Waals surface area contributed by atoms with Crippen molar-refractivity contribution in [2.24, 2.45) is 0 Å². The van der Waals surface area contributed by atoms with Crippen LogP contribution in [0.1, 0.15) is 0 Å². The molecule has 0 saturated heterocycles. The summed E-state index contributed by atoms with van der Waals surface area (Å²) in [6.07, 6.45) is 0. The van der Waals surface area contributed by atoms with Crippen LogP contribution in [-0.2, 0) is 4.79 Å². The predicted molar refractivity (Wildman–Crippen MR) is 76.5 cm³/mol. The third-order valence-electron chi connectivity index (χ3n) is 2.54. The maximum Gasteiger partial charge on any atom is 0.234 e. The monoisotopic (exact) mass is 312 g/mol. The zero-order chi connectivity index (χ0) is 15.4. The van der Waals surface area contributed by atoms with Crippen molar-refractivity contribution < 1.29 is 18.0 Å². The Morgan fingerprint density at radius 1 is 1.10 bits per heavy atom. The Kier molecular flexibility index (Phi) is 4.74. The molecule has 0 aromatic heterocycles. The number of nitrogens with two attached hydrogens (primary N) is 1. The van der Waals surface area contributed by atoms with E-state index < -0.39 is 23.4 Å². The van der Waals surface area contributed by atoms with Gasteiger partial charge < -0.3 is 11.1 Å². The van der Waals surface area contributed by atoms with Gasteiger partial charge in [0.2, 0.25) is 5.91 Å². The molecule has 0 aliphatic carbocycles. The number of carbonyl (C=O) groups is 1. The van der Waals surface area contributed by atoms with Crippen molar-refractivity contribution >= 4 is 29.0 Å². The Labute approximate surface area is 123 Å². The highest BCUT2D eigenvalue weighted by Crippen LogP contribution is 2.22. The number of nitrogen functional groups attached to an aromatic ring is 1. The van der Waals surface area contributed by atoms with Gasteiger partial charge in [0.05, 0.1) is 17.1 Å². The highest BCUT2D eigenvalue weighted by atomic mass is 32.2. The SMILES string of the molecule is Nc1ccc(SCC(=O)Nc2cc(F)ccc2F)cc1F. The van der Waals surface area contributed by atoms with Crippen molar-refractivity contribution in [3.8, 4) is 0 Å². The summed E-state index contributed by atoms with van der Waals surface area (Å²) in [5.74, 6) is -2.55. The second-order valence-corrected chi connectivity index (χ2v) is 5.19. The average molecular weight is 312 g/mol. The first-order chi connectivity index (χ1) is 9.95. The van der Waals surface area contributed by atoms with Crippen LogP contribution in [0.15, 0.2) is 41.3 Å². The molecule has 0 heterocycles. The van der Waals surface area contributed by atoms with Gasteiger partial charge in [0.25, 0.3) is 0 Å². The minimum atomic E-state index is -0.728. The van der Waals surface area contributed by atoms with Crippen molar-refractivity contribution in [2.45, 2.75) is 4.90 Å². The van der Waals surface area contributed by atoms with Gasteiger partial charge in [-0.2, -0.15) is 0 Å². The van der Waals surface area contributed by atoms with Crippen molar-refractivity contribution in [3.63, 3.8) is 0 Å². The van der Waals surface area contributed by atoms with Crippen LogP contribution in [0.2, 0.25) is 0 Å². The molecule has 0 atom stereocenters. The van der Waals surface area contributed by atoms with Gasteiger partial charge in [-0.1, -0.05) is 0 Å². The van der Waals surface area contributed by atoms with Gasteiger partial charge in [0, 0.05) is 11.0 Å². The fourth-order valence-corrected chi connectivity index (χ4v) is 2.25. The molecule has 21 heavy (non-hydrogen) atoms. The summed E-state index contributed by atoms with van der Waals surface area (Å²) in [5.41, 5.74) is 5.12. The van der Waals surface area contributed by atoms with Gasteiger partial charge in [-0.05, 0) is 30.3 Å². The second-order valence-electron chi connectivity index (χ2n) is 4.14. The lowest BCUT2D eigenvalue weighted by Gasteiger charge is -2.07. The van der Waals surface area contributed by atoms with Gasteiger partial charge in [0.15, 0.2) is 0 Å². The molecule has 3 nitrogen and oxygen atoms in total. The first kappa shape index (κ1) is 15.2. The summed E-state index contributed by atoms with van der Waals surface area (Å²) >= 11 is 1.06. The first-order valence-electron chi connectivity index (χ1n) is 5.88. The highest BCUT2D eigenvalue weighted by Gasteiger charge is 2.09. The molecule has 0 unspecified atom stereocenters. The van der Waals surface area contributed by atoms with Crippen molar-refractivity contribution in [3.05, 3.63) is 53.8 Å². The summed E-state index contributed by atoms with van der Waals surface area (Å²) in [5, 5.41) is 2.25. The molecule has 0 aliphatic heterocycles. The quantitative estimate of drug-likeness (QED) is 0.672. The number of nitrogens with one attached hydrogen (secondary N) is 1. The maximum atomic E-state index is 13.3. The number of thioether (sulfide) groups is 1. The van der Waals surface area contributed by atoms with Crippen LogP contribution in [0.3, 0.4) is 0 Å². The molecule has 0 saturated carbocycles. The molecule has 0 radical (unpaired) electrons. The third-order valence-corrected chi connectivity index (χ3v) is 3.54. The fourth-order valence-electron chi connectivity index (χ4n) is 1.53. The van der Waals surface area contributed by atoms with Gasteiger partial charge in [-0.25, -0.2) is 13.2 Å². The molecule has 0 aliphatic rings. The Bertz CT molecular complexity index is 679. The zero-order valence-corrected chi connectivity index (χ0v) is 11.5. The number of rotatable bonds is 4. The maximum absolute atomic E-state index is 13.3. The van der Waals surface area contributed by atoms with Crippen LogP contribution in [0.5, 0.6) is 0 Å². The molecule has 2 rings (SSSR count). The summed E-state index contributed by atoms with van der Waals surface area (Å²) in [7, 11) is 0. The number of amides is 1. The average Bonchev–Trinajstić information content (AvgIpc) is 2.44. The predicted octanol–water partition coefficient (Wildman–Crippen LogP) is 3.42. The van der Waals surface area contributed by atoms with Crippen LogP contribution in [0.25, 0.3) is 0 Å². The van der Waals surface area contributed by atoms with Crippen LogP contribution in [-0.4, -0.2) is 11.7 Å². The lowest BCUT2D eigenvalue weighted by atomic mass is 10.3. The van der Waals surface area contributed by atoms with Crippen LogP contribution < -0.4 is 11.1 Å². The first-order valence-corrected chi connectivity index (χ1v) is 6.87. The number of halogens is 3. The number of hydrogen-bond acceptors (Lipinski definition) is 3. The van der Waals surface area contributed by atoms with Gasteiger partial charge in [-0.3, -0.25) is 4.79 Å². The van der Waals surface area contributed by atoms with Crippen LogP contribution in [0.4, 0.5) is 24.5 Å². The molecule has 1 amide bonds. The Hall–Kier alpha value is -2.15. The summed E-state index contributed by atoms with van der Waals surface area (Å²) in [4.78, 5) is 12.2. The zero-order valence-electron chi connectivity index (χ0n) is 10.7. The lowest BCUT2D eigenvalue weighted by molar-refractivity contribution is -0.113. The minimum absolute atomic E-state index is 0.0191. The molecule has 0 bridgehead atoms. The van der Waals surface area contributed by atoms with Crippen molar-refractivity contribution in [1.29, 1.82) is 0 Å². The molecule has 0 spiro atoms. The molecule has 7 heteroatoms. The van der Waals surface area contributed by atoms with E-state index >= 15 is 0 Å². The van der Waals surface area contributed by atoms with E-state index in [0.29, 0.717) is 4.90 Å². The topological polar surface area (TPSA) is 55.1 Å². The van der Waals surface area contributed by atoms with Gasteiger partial charge in [-0.15, -0.1) is 11.8 Å². The minimum Gasteiger partial charge on any atom is -0.396 e. The normalized spacial score (nSPS) is 10.4. The summed E-state index contributed by atoms with van der Waals surface area (Å²) in [6.45, 7) is 0. The fraction of sp³-hybridized carbons (Fsp3) is 0.0714. The van der Waals surface area contributed by atoms with Crippen LogP contribution >= 0.6 is 11.8 Å². The van der Waals surface area contributed by atoms with Crippen LogP contribution in [0, 0.1) is 17.5 Å². The molecule has 2 aromatic rings.